The maximum Gasteiger partial charge on any atom is 0.211 e. The Labute approximate surface area is 127 Å². The van der Waals surface area contributed by atoms with Gasteiger partial charge in [0.25, 0.3) is 0 Å². The Hall–Kier alpha value is -1.72. The molecule has 1 unspecified atom stereocenters. The van der Waals surface area contributed by atoms with Crippen LogP contribution in [0.2, 0.25) is 0 Å². The van der Waals surface area contributed by atoms with Crippen molar-refractivity contribution >= 4 is 21.6 Å². The summed E-state index contributed by atoms with van der Waals surface area (Å²) in [6, 6.07) is 8.72. The van der Waals surface area contributed by atoms with Crippen molar-refractivity contribution in [1.82, 2.24) is 20.1 Å². The van der Waals surface area contributed by atoms with Gasteiger partial charge < -0.3 is 5.32 Å². The van der Waals surface area contributed by atoms with Crippen LogP contribution >= 0.6 is 11.3 Å². The van der Waals surface area contributed by atoms with Gasteiger partial charge >= 0.3 is 0 Å². The highest BCUT2D eigenvalue weighted by molar-refractivity contribution is 7.20. The lowest BCUT2D eigenvalue weighted by atomic mass is 9.93. The third-order valence-corrected chi connectivity index (χ3v) is 5.11. The second-order valence-corrected chi connectivity index (χ2v) is 6.43. The zero-order valence-electron chi connectivity index (χ0n) is 12.0. The van der Waals surface area contributed by atoms with Crippen LogP contribution in [-0.2, 0) is 6.42 Å². The van der Waals surface area contributed by atoms with E-state index < -0.39 is 0 Å². The predicted molar refractivity (Wildman–Crippen MR) is 86.1 cm³/mol. The Bertz CT molecular complexity index is 741. The van der Waals surface area contributed by atoms with Crippen LogP contribution in [0.4, 0.5) is 0 Å². The van der Waals surface area contributed by atoms with E-state index in [0.717, 1.165) is 23.6 Å². The van der Waals surface area contributed by atoms with Gasteiger partial charge in [-0.15, -0.1) is 0 Å². The summed E-state index contributed by atoms with van der Waals surface area (Å²) in [5.74, 6) is 0. The Kier molecular flexibility index (Phi) is 3.24. The SMILES string of the molecule is CCNC1CCCc2c1cnn2-c1nc2ccccc2s1. The molecule has 0 radical (unpaired) electrons. The first kappa shape index (κ1) is 13.0. The molecule has 1 aliphatic rings. The summed E-state index contributed by atoms with van der Waals surface area (Å²) in [5, 5.41) is 9.16. The van der Waals surface area contributed by atoms with Crippen molar-refractivity contribution in [3.05, 3.63) is 41.7 Å². The van der Waals surface area contributed by atoms with E-state index in [1.54, 1.807) is 11.3 Å². The van der Waals surface area contributed by atoms with Crippen molar-refractivity contribution in [2.75, 3.05) is 6.54 Å². The number of nitrogens with one attached hydrogen (secondary N) is 1. The van der Waals surface area contributed by atoms with Gasteiger partial charge in [0.2, 0.25) is 5.13 Å². The summed E-state index contributed by atoms with van der Waals surface area (Å²) in [5.41, 5.74) is 3.73. The Balaban J connectivity index is 1.79. The van der Waals surface area contributed by atoms with Gasteiger partial charge in [-0.05, 0) is 37.9 Å². The molecule has 3 aromatic rings. The summed E-state index contributed by atoms with van der Waals surface area (Å²) < 4.78 is 3.26. The predicted octanol–water partition coefficient (Wildman–Crippen LogP) is 3.47. The fraction of sp³-hybridized carbons (Fsp3) is 0.375. The van der Waals surface area contributed by atoms with Crippen LogP contribution in [0.5, 0.6) is 0 Å². The fourth-order valence-corrected chi connectivity index (χ4v) is 4.08. The Morgan fingerprint density at radius 2 is 2.29 bits per heavy atom. The molecule has 2 aromatic heterocycles. The summed E-state index contributed by atoms with van der Waals surface area (Å²) in [6.45, 7) is 3.16. The summed E-state index contributed by atoms with van der Waals surface area (Å²) in [7, 11) is 0. The highest BCUT2D eigenvalue weighted by Crippen LogP contribution is 2.32. The number of thiazole rings is 1. The average molecular weight is 298 g/mol. The average Bonchev–Trinajstić information content (AvgIpc) is 3.11. The standard InChI is InChI=1S/C16H18N4S/c1-2-17-12-7-5-8-14-11(12)10-18-20(14)16-19-13-6-3-4-9-15(13)21-16/h3-4,6,9-10,12,17H,2,5,7-8H2,1H3. The normalized spacial score (nSPS) is 18.0. The van der Waals surface area contributed by atoms with E-state index in [9.17, 15) is 0 Å². The second kappa shape index (κ2) is 5.24. The molecule has 1 aromatic carbocycles. The van der Waals surface area contributed by atoms with E-state index >= 15 is 0 Å². The van der Waals surface area contributed by atoms with Gasteiger partial charge in [0.15, 0.2) is 0 Å². The van der Waals surface area contributed by atoms with Crippen molar-refractivity contribution in [1.29, 1.82) is 0 Å². The molecule has 0 aliphatic heterocycles. The highest BCUT2D eigenvalue weighted by atomic mass is 32.1. The number of benzene rings is 1. The first-order valence-corrected chi connectivity index (χ1v) is 8.34. The summed E-state index contributed by atoms with van der Waals surface area (Å²) in [6.07, 6.45) is 5.52. The molecule has 21 heavy (non-hydrogen) atoms. The molecule has 108 valence electrons. The van der Waals surface area contributed by atoms with Crippen molar-refractivity contribution < 1.29 is 0 Å². The minimum atomic E-state index is 0.446. The van der Waals surface area contributed by atoms with Crippen molar-refractivity contribution in [3.63, 3.8) is 0 Å². The number of rotatable bonds is 3. The quantitative estimate of drug-likeness (QED) is 0.805. The van der Waals surface area contributed by atoms with Gasteiger partial charge in [0, 0.05) is 11.6 Å². The third-order valence-electron chi connectivity index (χ3n) is 4.10. The number of hydrogen-bond donors (Lipinski definition) is 1. The molecular weight excluding hydrogens is 280 g/mol. The van der Waals surface area contributed by atoms with Gasteiger partial charge in [0.1, 0.15) is 0 Å². The molecule has 4 nitrogen and oxygen atoms in total. The lowest BCUT2D eigenvalue weighted by Crippen LogP contribution is -2.24. The molecule has 0 amide bonds. The first-order chi connectivity index (χ1) is 10.4. The van der Waals surface area contributed by atoms with Crippen LogP contribution in [0, 0.1) is 0 Å². The number of nitrogens with zero attached hydrogens (tertiary/aromatic N) is 3. The van der Waals surface area contributed by atoms with E-state index in [-0.39, 0.29) is 0 Å². The number of para-hydroxylation sites is 1. The van der Waals surface area contributed by atoms with Crippen molar-refractivity contribution in [3.8, 4) is 5.13 Å². The summed E-state index contributed by atoms with van der Waals surface area (Å²) >= 11 is 1.71. The van der Waals surface area contributed by atoms with E-state index in [1.807, 2.05) is 16.9 Å². The van der Waals surface area contributed by atoms with E-state index in [4.69, 9.17) is 4.98 Å². The van der Waals surface area contributed by atoms with Gasteiger partial charge in [-0.25, -0.2) is 9.67 Å². The number of fused-ring (bicyclic) bond motifs is 2. The van der Waals surface area contributed by atoms with E-state index in [0.29, 0.717) is 6.04 Å². The van der Waals surface area contributed by atoms with Crippen LogP contribution in [0.3, 0.4) is 0 Å². The third kappa shape index (κ3) is 2.17. The molecule has 1 aliphatic carbocycles. The number of aromatic nitrogens is 3. The monoisotopic (exact) mass is 298 g/mol. The first-order valence-electron chi connectivity index (χ1n) is 7.53. The zero-order chi connectivity index (χ0) is 14.2. The molecule has 0 saturated heterocycles. The fourth-order valence-electron chi connectivity index (χ4n) is 3.13. The number of hydrogen-bond acceptors (Lipinski definition) is 4. The van der Waals surface area contributed by atoms with Crippen molar-refractivity contribution in [2.24, 2.45) is 0 Å². The lowest BCUT2D eigenvalue weighted by Gasteiger charge is -2.23. The molecule has 5 heteroatoms. The Morgan fingerprint density at radius 1 is 1.38 bits per heavy atom. The van der Waals surface area contributed by atoms with Gasteiger partial charge in [-0.1, -0.05) is 30.4 Å². The molecule has 0 saturated carbocycles. The minimum absolute atomic E-state index is 0.446. The van der Waals surface area contributed by atoms with Crippen molar-refractivity contribution in [2.45, 2.75) is 32.2 Å². The van der Waals surface area contributed by atoms with Crippen LogP contribution in [-0.4, -0.2) is 21.3 Å². The van der Waals surface area contributed by atoms with E-state index in [1.165, 1.54) is 28.8 Å². The van der Waals surface area contributed by atoms with Gasteiger partial charge in [-0.3, -0.25) is 0 Å². The molecule has 0 bridgehead atoms. The minimum Gasteiger partial charge on any atom is -0.310 e. The molecular formula is C16H18N4S. The molecule has 2 heterocycles. The topological polar surface area (TPSA) is 42.7 Å². The van der Waals surface area contributed by atoms with Gasteiger partial charge in [0.05, 0.1) is 22.1 Å². The lowest BCUT2D eigenvalue weighted by molar-refractivity contribution is 0.467. The summed E-state index contributed by atoms with van der Waals surface area (Å²) in [4.78, 5) is 4.73. The zero-order valence-corrected chi connectivity index (χ0v) is 12.9. The van der Waals surface area contributed by atoms with Crippen LogP contribution in [0.25, 0.3) is 15.3 Å². The maximum atomic E-state index is 4.73. The molecule has 1 N–H and O–H groups in total. The largest absolute Gasteiger partial charge is 0.310 e. The maximum absolute atomic E-state index is 4.73. The van der Waals surface area contributed by atoms with E-state index in [2.05, 4.69) is 35.5 Å². The van der Waals surface area contributed by atoms with Crippen LogP contribution in [0.1, 0.15) is 37.1 Å². The van der Waals surface area contributed by atoms with Gasteiger partial charge in [-0.2, -0.15) is 5.10 Å². The van der Waals surface area contributed by atoms with Crippen LogP contribution in [0.15, 0.2) is 30.5 Å². The molecule has 0 fully saturated rings. The highest BCUT2D eigenvalue weighted by Gasteiger charge is 2.24. The molecule has 0 spiro atoms. The smallest absolute Gasteiger partial charge is 0.211 e. The molecule has 1 atom stereocenters. The second-order valence-electron chi connectivity index (χ2n) is 5.43. The van der Waals surface area contributed by atoms with Crippen LogP contribution < -0.4 is 5.32 Å². The molecule has 4 rings (SSSR count). The Morgan fingerprint density at radius 3 is 3.14 bits per heavy atom.